The molecule has 0 saturated heterocycles. The standard InChI is InChI=1S/C13H16N2O/c1-4-10(3)15-8-14-12-6-5-9(2)7-11(12)13(15)16/h5-8,10H,4H2,1-3H3. The van der Waals surface area contributed by atoms with Gasteiger partial charge in [0.15, 0.2) is 0 Å². The predicted molar refractivity (Wildman–Crippen MR) is 65.7 cm³/mol. The summed E-state index contributed by atoms with van der Waals surface area (Å²) in [5.74, 6) is 0. The Labute approximate surface area is 94.7 Å². The van der Waals surface area contributed by atoms with E-state index in [1.807, 2.05) is 32.0 Å². The van der Waals surface area contributed by atoms with Crippen molar-refractivity contribution in [3.05, 3.63) is 40.4 Å². The third kappa shape index (κ3) is 1.73. The normalized spacial score (nSPS) is 12.9. The fourth-order valence-electron chi connectivity index (χ4n) is 1.76. The van der Waals surface area contributed by atoms with Gasteiger partial charge < -0.3 is 0 Å². The molecule has 16 heavy (non-hydrogen) atoms. The summed E-state index contributed by atoms with van der Waals surface area (Å²) in [6, 6.07) is 5.98. The number of hydrogen-bond donors (Lipinski definition) is 0. The third-order valence-corrected chi connectivity index (χ3v) is 3.00. The van der Waals surface area contributed by atoms with Crippen LogP contribution in [0.4, 0.5) is 0 Å². The van der Waals surface area contributed by atoms with E-state index in [0.717, 1.165) is 17.5 Å². The average molecular weight is 216 g/mol. The minimum Gasteiger partial charge on any atom is -0.296 e. The molecule has 0 radical (unpaired) electrons. The van der Waals surface area contributed by atoms with Crippen LogP contribution in [0, 0.1) is 6.92 Å². The van der Waals surface area contributed by atoms with Gasteiger partial charge in [-0.2, -0.15) is 0 Å². The molecular formula is C13H16N2O. The summed E-state index contributed by atoms with van der Waals surface area (Å²) in [5, 5.41) is 0.711. The minimum absolute atomic E-state index is 0.0584. The second kappa shape index (κ2) is 4.08. The predicted octanol–water partition coefficient (Wildman–Crippen LogP) is 2.68. The van der Waals surface area contributed by atoms with Crippen LogP contribution in [0.5, 0.6) is 0 Å². The Hall–Kier alpha value is -1.64. The van der Waals surface area contributed by atoms with Crippen LogP contribution in [0.2, 0.25) is 0 Å². The molecule has 0 bridgehead atoms. The molecule has 0 amide bonds. The molecule has 1 heterocycles. The van der Waals surface area contributed by atoms with Crippen LogP contribution in [0.15, 0.2) is 29.3 Å². The van der Waals surface area contributed by atoms with Crippen molar-refractivity contribution in [2.45, 2.75) is 33.2 Å². The lowest BCUT2D eigenvalue weighted by Crippen LogP contribution is -2.23. The molecule has 0 fully saturated rings. The summed E-state index contributed by atoms with van der Waals surface area (Å²) in [4.78, 5) is 16.5. The Morgan fingerprint density at radius 1 is 1.44 bits per heavy atom. The molecular weight excluding hydrogens is 200 g/mol. The van der Waals surface area contributed by atoms with Crippen molar-refractivity contribution >= 4 is 10.9 Å². The number of benzene rings is 1. The van der Waals surface area contributed by atoms with Crippen molar-refractivity contribution in [2.75, 3.05) is 0 Å². The van der Waals surface area contributed by atoms with Crippen LogP contribution in [0.3, 0.4) is 0 Å². The minimum atomic E-state index is 0.0584. The van der Waals surface area contributed by atoms with Crippen molar-refractivity contribution in [3.63, 3.8) is 0 Å². The highest BCUT2D eigenvalue weighted by atomic mass is 16.1. The second-order valence-corrected chi connectivity index (χ2v) is 4.23. The van der Waals surface area contributed by atoms with Gasteiger partial charge in [0.25, 0.3) is 5.56 Å². The molecule has 1 atom stereocenters. The van der Waals surface area contributed by atoms with Crippen molar-refractivity contribution < 1.29 is 0 Å². The molecule has 0 aliphatic heterocycles. The van der Waals surface area contributed by atoms with Gasteiger partial charge in [-0.1, -0.05) is 18.6 Å². The van der Waals surface area contributed by atoms with E-state index in [-0.39, 0.29) is 11.6 Å². The third-order valence-electron chi connectivity index (χ3n) is 3.00. The molecule has 84 valence electrons. The lowest BCUT2D eigenvalue weighted by molar-refractivity contribution is 0.510. The van der Waals surface area contributed by atoms with Crippen LogP contribution < -0.4 is 5.56 Å². The first-order valence-electron chi connectivity index (χ1n) is 5.61. The van der Waals surface area contributed by atoms with E-state index in [1.54, 1.807) is 10.9 Å². The van der Waals surface area contributed by atoms with Gasteiger partial charge >= 0.3 is 0 Å². The maximum atomic E-state index is 12.2. The quantitative estimate of drug-likeness (QED) is 0.773. The van der Waals surface area contributed by atoms with Crippen LogP contribution in [0.1, 0.15) is 31.9 Å². The topological polar surface area (TPSA) is 34.9 Å². The Balaban J connectivity index is 2.73. The van der Waals surface area contributed by atoms with E-state index in [2.05, 4.69) is 11.9 Å². The number of rotatable bonds is 2. The van der Waals surface area contributed by atoms with Gasteiger partial charge in [0.1, 0.15) is 0 Å². The van der Waals surface area contributed by atoms with Crippen molar-refractivity contribution in [1.29, 1.82) is 0 Å². The lowest BCUT2D eigenvalue weighted by Gasteiger charge is -2.12. The molecule has 1 aromatic carbocycles. The van der Waals surface area contributed by atoms with Crippen molar-refractivity contribution in [2.24, 2.45) is 0 Å². The molecule has 0 N–H and O–H groups in total. The monoisotopic (exact) mass is 216 g/mol. The fraction of sp³-hybridized carbons (Fsp3) is 0.385. The van der Waals surface area contributed by atoms with E-state index >= 15 is 0 Å². The Morgan fingerprint density at radius 3 is 2.88 bits per heavy atom. The summed E-state index contributed by atoms with van der Waals surface area (Å²) in [6.07, 6.45) is 2.58. The van der Waals surface area contributed by atoms with Crippen molar-refractivity contribution in [1.82, 2.24) is 9.55 Å². The summed E-state index contributed by atoms with van der Waals surface area (Å²) >= 11 is 0. The van der Waals surface area contributed by atoms with Crippen LogP contribution >= 0.6 is 0 Å². The number of aryl methyl sites for hydroxylation is 1. The maximum absolute atomic E-state index is 12.2. The zero-order valence-corrected chi connectivity index (χ0v) is 9.90. The molecule has 0 aliphatic carbocycles. The number of nitrogens with zero attached hydrogens (tertiary/aromatic N) is 2. The van der Waals surface area contributed by atoms with E-state index in [0.29, 0.717) is 5.39 Å². The fourth-order valence-corrected chi connectivity index (χ4v) is 1.76. The SMILES string of the molecule is CCC(C)n1cnc2ccc(C)cc2c1=O. The summed E-state index contributed by atoms with van der Waals surface area (Å²) in [7, 11) is 0. The number of fused-ring (bicyclic) bond motifs is 1. The number of aromatic nitrogens is 2. The highest BCUT2D eigenvalue weighted by Gasteiger charge is 2.08. The summed E-state index contributed by atoms with van der Waals surface area (Å²) < 4.78 is 1.71. The van der Waals surface area contributed by atoms with Crippen molar-refractivity contribution in [3.8, 4) is 0 Å². The van der Waals surface area contributed by atoms with Crippen LogP contribution in [-0.4, -0.2) is 9.55 Å². The van der Waals surface area contributed by atoms with Gasteiger partial charge in [-0.3, -0.25) is 9.36 Å². The van der Waals surface area contributed by atoms with E-state index in [9.17, 15) is 4.79 Å². The molecule has 2 aromatic rings. The van der Waals surface area contributed by atoms with E-state index in [4.69, 9.17) is 0 Å². The van der Waals surface area contributed by atoms with Gasteiger partial charge in [0.2, 0.25) is 0 Å². The maximum Gasteiger partial charge on any atom is 0.261 e. The summed E-state index contributed by atoms with van der Waals surface area (Å²) in [5.41, 5.74) is 1.92. The van der Waals surface area contributed by atoms with Gasteiger partial charge in [-0.15, -0.1) is 0 Å². The molecule has 2 rings (SSSR count). The first kappa shape index (κ1) is 10.9. The highest BCUT2D eigenvalue weighted by molar-refractivity contribution is 5.77. The van der Waals surface area contributed by atoms with Crippen LogP contribution in [-0.2, 0) is 0 Å². The molecule has 0 spiro atoms. The Bertz CT molecular complexity index is 572. The molecule has 3 heteroatoms. The molecule has 0 saturated carbocycles. The van der Waals surface area contributed by atoms with Gasteiger partial charge in [0.05, 0.1) is 17.2 Å². The smallest absolute Gasteiger partial charge is 0.261 e. The van der Waals surface area contributed by atoms with E-state index < -0.39 is 0 Å². The Morgan fingerprint density at radius 2 is 2.19 bits per heavy atom. The first-order chi connectivity index (χ1) is 7.63. The largest absolute Gasteiger partial charge is 0.296 e. The van der Waals surface area contributed by atoms with Gasteiger partial charge in [0, 0.05) is 6.04 Å². The zero-order chi connectivity index (χ0) is 11.7. The van der Waals surface area contributed by atoms with Crippen LogP contribution in [0.25, 0.3) is 10.9 Å². The highest BCUT2D eigenvalue weighted by Crippen LogP contribution is 2.12. The van der Waals surface area contributed by atoms with Gasteiger partial charge in [-0.05, 0) is 32.4 Å². The zero-order valence-electron chi connectivity index (χ0n) is 9.90. The molecule has 3 nitrogen and oxygen atoms in total. The number of hydrogen-bond acceptors (Lipinski definition) is 2. The molecule has 1 unspecified atom stereocenters. The lowest BCUT2D eigenvalue weighted by atomic mass is 10.1. The second-order valence-electron chi connectivity index (χ2n) is 4.23. The summed E-state index contributed by atoms with van der Waals surface area (Å²) in [6.45, 7) is 6.09. The average Bonchev–Trinajstić information content (AvgIpc) is 2.29. The van der Waals surface area contributed by atoms with E-state index in [1.165, 1.54) is 0 Å². The first-order valence-corrected chi connectivity index (χ1v) is 5.61. The molecule has 0 aliphatic rings. The molecule has 1 aromatic heterocycles. The Kier molecular flexibility index (Phi) is 2.77. The van der Waals surface area contributed by atoms with Gasteiger partial charge in [-0.25, -0.2) is 4.98 Å².